The molecule has 0 amide bonds. The standard InChI is InChI=1S/C8H7Br2/c9-6-5-7-3-1-2-4-8(7)10/h1-3H,5-6H2. The minimum absolute atomic E-state index is 1.00. The average Bonchev–Trinajstić information content (AvgIpc) is 1.94. The summed E-state index contributed by atoms with van der Waals surface area (Å²) in [5.74, 6) is 0. The second-order valence-electron chi connectivity index (χ2n) is 1.95. The van der Waals surface area contributed by atoms with E-state index in [-0.39, 0.29) is 0 Å². The van der Waals surface area contributed by atoms with Crippen LogP contribution < -0.4 is 0 Å². The van der Waals surface area contributed by atoms with Gasteiger partial charge in [-0.3, -0.25) is 0 Å². The highest BCUT2D eigenvalue weighted by molar-refractivity contribution is 9.10. The van der Waals surface area contributed by atoms with Crippen LogP contribution >= 0.6 is 31.9 Å². The summed E-state index contributed by atoms with van der Waals surface area (Å²) >= 11 is 6.81. The van der Waals surface area contributed by atoms with Crippen LogP contribution in [0, 0.1) is 6.07 Å². The van der Waals surface area contributed by atoms with Gasteiger partial charge in [0.15, 0.2) is 0 Å². The van der Waals surface area contributed by atoms with Crippen LogP contribution in [0.25, 0.3) is 0 Å². The predicted molar refractivity (Wildman–Crippen MR) is 50.5 cm³/mol. The molecule has 2 heteroatoms. The van der Waals surface area contributed by atoms with Gasteiger partial charge in [0, 0.05) is 9.80 Å². The van der Waals surface area contributed by atoms with E-state index in [0.29, 0.717) is 0 Å². The first-order valence-corrected chi connectivity index (χ1v) is 4.97. The zero-order valence-corrected chi connectivity index (χ0v) is 8.57. The Morgan fingerprint density at radius 3 is 2.90 bits per heavy atom. The topological polar surface area (TPSA) is 0 Å². The van der Waals surface area contributed by atoms with Gasteiger partial charge in [-0.1, -0.05) is 34.1 Å². The molecule has 53 valence electrons. The smallest absolute Gasteiger partial charge is 0.0286 e. The highest BCUT2D eigenvalue weighted by Gasteiger charge is 1.95. The van der Waals surface area contributed by atoms with E-state index in [1.54, 1.807) is 0 Å². The van der Waals surface area contributed by atoms with Crippen LogP contribution in [0.5, 0.6) is 0 Å². The number of benzene rings is 1. The van der Waals surface area contributed by atoms with Crippen molar-refractivity contribution in [3.8, 4) is 0 Å². The number of aryl methyl sites for hydroxylation is 1. The molecule has 1 rings (SSSR count). The zero-order chi connectivity index (χ0) is 7.40. The van der Waals surface area contributed by atoms with E-state index in [2.05, 4.69) is 44.0 Å². The number of rotatable bonds is 2. The third-order valence-electron chi connectivity index (χ3n) is 1.25. The van der Waals surface area contributed by atoms with Gasteiger partial charge in [0.2, 0.25) is 0 Å². The van der Waals surface area contributed by atoms with Crippen molar-refractivity contribution in [3.63, 3.8) is 0 Å². The molecule has 0 saturated heterocycles. The number of hydrogen-bond acceptors (Lipinski definition) is 0. The molecule has 0 aromatic heterocycles. The molecule has 10 heavy (non-hydrogen) atoms. The molecule has 0 spiro atoms. The fourth-order valence-electron chi connectivity index (χ4n) is 0.746. The lowest BCUT2D eigenvalue weighted by molar-refractivity contribution is 1.15. The molecular weight excluding hydrogens is 256 g/mol. The summed E-state index contributed by atoms with van der Waals surface area (Å²) in [7, 11) is 0. The quantitative estimate of drug-likeness (QED) is 0.719. The Hall–Kier alpha value is 0.180. The maximum atomic E-state index is 3.42. The van der Waals surface area contributed by atoms with Gasteiger partial charge in [0.25, 0.3) is 0 Å². The highest BCUT2D eigenvalue weighted by Crippen LogP contribution is 2.15. The fraction of sp³-hybridized carbons (Fsp3) is 0.250. The third-order valence-corrected chi connectivity index (χ3v) is 2.38. The molecular formula is C8H7Br2. The molecule has 0 saturated carbocycles. The van der Waals surface area contributed by atoms with Crippen LogP contribution in [0.4, 0.5) is 0 Å². The van der Waals surface area contributed by atoms with E-state index in [1.165, 1.54) is 5.56 Å². The third kappa shape index (κ3) is 2.10. The minimum atomic E-state index is 1.00. The van der Waals surface area contributed by atoms with Gasteiger partial charge in [-0.15, -0.1) is 0 Å². The molecule has 0 unspecified atom stereocenters. The van der Waals surface area contributed by atoms with E-state index in [1.807, 2.05) is 12.1 Å². The van der Waals surface area contributed by atoms with E-state index in [4.69, 9.17) is 0 Å². The summed E-state index contributed by atoms with van der Waals surface area (Å²) in [6.45, 7) is 0. The van der Waals surface area contributed by atoms with Gasteiger partial charge in [-0.25, -0.2) is 0 Å². The summed E-state index contributed by atoms with van der Waals surface area (Å²) < 4.78 is 1.08. The average molecular weight is 263 g/mol. The molecule has 1 aromatic rings. The van der Waals surface area contributed by atoms with Gasteiger partial charge in [0.1, 0.15) is 0 Å². The SMILES string of the molecule is BrCCc1ccc[c]c1Br. The molecule has 0 aliphatic heterocycles. The van der Waals surface area contributed by atoms with Crippen molar-refractivity contribution in [1.29, 1.82) is 0 Å². The molecule has 1 aromatic carbocycles. The maximum Gasteiger partial charge on any atom is 0.0286 e. The molecule has 0 heterocycles. The van der Waals surface area contributed by atoms with E-state index in [9.17, 15) is 0 Å². The summed E-state index contributed by atoms with van der Waals surface area (Å²) in [6.07, 6.45) is 1.05. The van der Waals surface area contributed by atoms with Crippen LogP contribution in [0.1, 0.15) is 5.56 Å². The van der Waals surface area contributed by atoms with Crippen LogP contribution in [0.3, 0.4) is 0 Å². The van der Waals surface area contributed by atoms with Crippen LogP contribution in [-0.2, 0) is 6.42 Å². The Kier molecular flexibility index (Phi) is 3.43. The van der Waals surface area contributed by atoms with Crippen LogP contribution in [-0.4, -0.2) is 5.33 Å². The first-order chi connectivity index (χ1) is 4.84. The van der Waals surface area contributed by atoms with Crippen molar-refractivity contribution >= 4 is 31.9 Å². The molecule has 1 radical (unpaired) electrons. The normalized spacial score (nSPS) is 9.80. The van der Waals surface area contributed by atoms with Gasteiger partial charge >= 0.3 is 0 Å². The zero-order valence-electron chi connectivity index (χ0n) is 5.40. The van der Waals surface area contributed by atoms with Crippen molar-refractivity contribution in [1.82, 2.24) is 0 Å². The Balaban J connectivity index is 2.81. The van der Waals surface area contributed by atoms with E-state index < -0.39 is 0 Å². The van der Waals surface area contributed by atoms with Gasteiger partial charge < -0.3 is 0 Å². The van der Waals surface area contributed by atoms with Gasteiger partial charge in [-0.05, 0) is 34.0 Å². The lowest BCUT2D eigenvalue weighted by Gasteiger charge is -1.98. The second-order valence-corrected chi connectivity index (χ2v) is 3.53. The molecule has 0 bridgehead atoms. The Morgan fingerprint density at radius 1 is 1.50 bits per heavy atom. The molecule has 0 nitrogen and oxygen atoms in total. The van der Waals surface area contributed by atoms with Crippen molar-refractivity contribution in [2.24, 2.45) is 0 Å². The lowest BCUT2D eigenvalue weighted by Crippen LogP contribution is -1.85. The summed E-state index contributed by atoms with van der Waals surface area (Å²) in [6, 6.07) is 9.09. The summed E-state index contributed by atoms with van der Waals surface area (Å²) in [5.41, 5.74) is 1.30. The van der Waals surface area contributed by atoms with Gasteiger partial charge in [-0.2, -0.15) is 0 Å². The van der Waals surface area contributed by atoms with Crippen molar-refractivity contribution in [2.45, 2.75) is 6.42 Å². The second kappa shape index (κ2) is 4.14. The molecule has 0 atom stereocenters. The Bertz CT molecular complexity index is 208. The predicted octanol–water partition coefficient (Wildman–Crippen LogP) is 3.19. The largest absolute Gasteiger partial charge is 0.0924 e. The monoisotopic (exact) mass is 261 g/mol. The summed E-state index contributed by atoms with van der Waals surface area (Å²) in [5, 5.41) is 1.00. The Morgan fingerprint density at radius 2 is 2.30 bits per heavy atom. The van der Waals surface area contributed by atoms with Crippen molar-refractivity contribution in [3.05, 3.63) is 34.3 Å². The Labute approximate surface area is 77.9 Å². The van der Waals surface area contributed by atoms with Gasteiger partial charge in [0.05, 0.1) is 0 Å². The van der Waals surface area contributed by atoms with Crippen molar-refractivity contribution in [2.75, 3.05) is 5.33 Å². The molecule has 0 aliphatic carbocycles. The first-order valence-electron chi connectivity index (χ1n) is 3.05. The number of halogens is 2. The fourth-order valence-corrected chi connectivity index (χ4v) is 1.64. The van der Waals surface area contributed by atoms with E-state index in [0.717, 1.165) is 16.2 Å². The highest BCUT2D eigenvalue weighted by atomic mass is 79.9. The molecule has 0 N–H and O–H groups in total. The minimum Gasteiger partial charge on any atom is -0.0924 e. The van der Waals surface area contributed by atoms with E-state index >= 15 is 0 Å². The summed E-state index contributed by atoms with van der Waals surface area (Å²) in [4.78, 5) is 0. The van der Waals surface area contributed by atoms with Crippen LogP contribution in [0.15, 0.2) is 22.7 Å². The lowest BCUT2D eigenvalue weighted by atomic mass is 10.2. The van der Waals surface area contributed by atoms with Crippen molar-refractivity contribution < 1.29 is 0 Å². The molecule has 0 fully saturated rings. The first kappa shape index (κ1) is 8.28. The maximum absolute atomic E-state index is 3.42. The molecule has 0 aliphatic rings. The number of alkyl halides is 1. The number of hydrogen-bond donors (Lipinski definition) is 0. The van der Waals surface area contributed by atoms with Crippen LogP contribution in [0.2, 0.25) is 0 Å².